The molecule has 0 saturated heterocycles. The van der Waals surface area contributed by atoms with Crippen molar-refractivity contribution in [3.63, 3.8) is 0 Å². The molecule has 0 unspecified atom stereocenters. The summed E-state index contributed by atoms with van der Waals surface area (Å²) >= 11 is 0. The SMILES string of the molecule is CCCCCCCCCCCCCCCOC(=O)COCC(=O)OCCCCCCC. The number of hydrogen-bond donors (Lipinski definition) is 0. The van der Waals surface area contributed by atoms with Crippen LogP contribution in [0.2, 0.25) is 0 Å². The fourth-order valence-corrected chi connectivity index (χ4v) is 3.50. The minimum atomic E-state index is -0.417. The molecule has 0 saturated carbocycles. The van der Waals surface area contributed by atoms with E-state index in [1.165, 1.54) is 89.9 Å². The lowest BCUT2D eigenvalue weighted by atomic mass is 10.0. The van der Waals surface area contributed by atoms with Crippen molar-refractivity contribution in [3.05, 3.63) is 0 Å². The van der Waals surface area contributed by atoms with E-state index in [2.05, 4.69) is 13.8 Å². The van der Waals surface area contributed by atoms with Crippen molar-refractivity contribution >= 4 is 11.9 Å². The number of esters is 2. The highest BCUT2D eigenvalue weighted by Gasteiger charge is 2.07. The second-order valence-electron chi connectivity index (χ2n) is 8.59. The van der Waals surface area contributed by atoms with Crippen LogP contribution in [-0.2, 0) is 23.8 Å². The number of rotatable bonds is 24. The van der Waals surface area contributed by atoms with Crippen LogP contribution in [0.15, 0.2) is 0 Å². The van der Waals surface area contributed by atoms with Gasteiger partial charge in [-0.15, -0.1) is 0 Å². The van der Waals surface area contributed by atoms with Crippen LogP contribution in [0.1, 0.15) is 129 Å². The second kappa shape index (κ2) is 25.2. The third kappa shape index (κ3) is 25.0. The Kier molecular flexibility index (Phi) is 24.3. The highest BCUT2D eigenvalue weighted by Crippen LogP contribution is 2.12. The van der Waals surface area contributed by atoms with Crippen LogP contribution in [-0.4, -0.2) is 38.4 Å². The first-order valence-electron chi connectivity index (χ1n) is 13.1. The molecule has 0 N–H and O–H groups in total. The topological polar surface area (TPSA) is 61.8 Å². The summed E-state index contributed by atoms with van der Waals surface area (Å²) in [5.41, 5.74) is 0. The third-order valence-electron chi connectivity index (χ3n) is 5.46. The predicted molar refractivity (Wildman–Crippen MR) is 127 cm³/mol. The summed E-state index contributed by atoms with van der Waals surface area (Å²) < 4.78 is 15.3. The van der Waals surface area contributed by atoms with Crippen LogP contribution < -0.4 is 0 Å². The standard InChI is InChI=1S/C26H50O5/c1-3-5-7-9-10-11-12-13-14-15-16-18-20-22-31-26(28)24-29-23-25(27)30-21-19-17-8-6-4-2/h3-24H2,1-2H3. The molecule has 0 atom stereocenters. The molecule has 0 aromatic rings. The van der Waals surface area contributed by atoms with Gasteiger partial charge in [-0.2, -0.15) is 0 Å². The van der Waals surface area contributed by atoms with Gasteiger partial charge in [-0.05, 0) is 12.8 Å². The monoisotopic (exact) mass is 442 g/mol. The molecule has 0 aromatic carbocycles. The van der Waals surface area contributed by atoms with Gasteiger partial charge in [0.25, 0.3) is 0 Å². The van der Waals surface area contributed by atoms with Crippen LogP contribution in [0.3, 0.4) is 0 Å². The first kappa shape index (κ1) is 29.9. The van der Waals surface area contributed by atoms with Gasteiger partial charge in [0, 0.05) is 0 Å². The Morgan fingerprint density at radius 1 is 0.452 bits per heavy atom. The second-order valence-corrected chi connectivity index (χ2v) is 8.59. The van der Waals surface area contributed by atoms with E-state index in [-0.39, 0.29) is 13.2 Å². The van der Waals surface area contributed by atoms with E-state index in [1.807, 2.05) is 0 Å². The van der Waals surface area contributed by atoms with Crippen LogP contribution in [0.25, 0.3) is 0 Å². The molecule has 0 heterocycles. The van der Waals surface area contributed by atoms with E-state index >= 15 is 0 Å². The Labute approximate surface area is 192 Å². The van der Waals surface area contributed by atoms with Crippen molar-refractivity contribution in [1.82, 2.24) is 0 Å². The molecule has 0 aliphatic heterocycles. The summed E-state index contributed by atoms with van der Waals surface area (Å²) in [7, 11) is 0. The highest BCUT2D eigenvalue weighted by molar-refractivity contribution is 5.73. The normalized spacial score (nSPS) is 10.9. The molecule has 0 aliphatic rings. The van der Waals surface area contributed by atoms with Crippen LogP contribution >= 0.6 is 0 Å². The lowest BCUT2D eigenvalue weighted by molar-refractivity contribution is -0.155. The largest absolute Gasteiger partial charge is 0.464 e. The summed E-state index contributed by atoms with van der Waals surface area (Å²) in [5.74, 6) is -0.828. The van der Waals surface area contributed by atoms with Gasteiger partial charge >= 0.3 is 11.9 Å². The van der Waals surface area contributed by atoms with Gasteiger partial charge in [0.15, 0.2) is 0 Å². The quantitative estimate of drug-likeness (QED) is 0.117. The van der Waals surface area contributed by atoms with E-state index in [9.17, 15) is 9.59 Å². The maximum absolute atomic E-state index is 11.6. The molecule has 0 rings (SSSR count). The van der Waals surface area contributed by atoms with Crippen molar-refractivity contribution < 1.29 is 23.8 Å². The predicted octanol–water partition coefficient (Wildman–Crippen LogP) is 7.15. The van der Waals surface area contributed by atoms with Gasteiger partial charge in [0.2, 0.25) is 0 Å². The minimum Gasteiger partial charge on any atom is -0.464 e. The highest BCUT2D eigenvalue weighted by atomic mass is 16.6. The summed E-state index contributed by atoms with van der Waals surface area (Å²) in [6.45, 7) is 4.91. The number of carbonyl (C=O) groups is 2. The fourth-order valence-electron chi connectivity index (χ4n) is 3.50. The van der Waals surface area contributed by atoms with Crippen molar-refractivity contribution in [2.45, 2.75) is 129 Å². The molecule has 0 spiro atoms. The van der Waals surface area contributed by atoms with Crippen LogP contribution in [0, 0.1) is 0 Å². The summed E-state index contributed by atoms with van der Waals surface area (Å²) in [6.07, 6.45) is 22.3. The summed E-state index contributed by atoms with van der Waals surface area (Å²) in [6, 6.07) is 0. The van der Waals surface area contributed by atoms with Gasteiger partial charge in [-0.1, -0.05) is 117 Å². The molecule has 0 bridgehead atoms. The van der Waals surface area contributed by atoms with Crippen molar-refractivity contribution in [2.24, 2.45) is 0 Å². The minimum absolute atomic E-state index is 0.190. The van der Waals surface area contributed by atoms with E-state index in [4.69, 9.17) is 14.2 Å². The Hall–Kier alpha value is -1.10. The molecule has 0 radical (unpaired) electrons. The van der Waals surface area contributed by atoms with E-state index in [0.717, 1.165) is 25.7 Å². The van der Waals surface area contributed by atoms with Gasteiger partial charge in [0.05, 0.1) is 13.2 Å². The van der Waals surface area contributed by atoms with Crippen molar-refractivity contribution in [2.75, 3.05) is 26.4 Å². The molecule has 31 heavy (non-hydrogen) atoms. The van der Waals surface area contributed by atoms with Gasteiger partial charge in [-0.3, -0.25) is 0 Å². The average molecular weight is 443 g/mol. The zero-order chi connectivity index (χ0) is 22.8. The molecule has 5 nitrogen and oxygen atoms in total. The number of hydrogen-bond acceptors (Lipinski definition) is 5. The third-order valence-corrected chi connectivity index (χ3v) is 5.46. The zero-order valence-corrected chi connectivity index (χ0v) is 20.6. The molecule has 0 aromatic heterocycles. The maximum atomic E-state index is 11.6. The molecule has 0 fully saturated rings. The first-order chi connectivity index (χ1) is 15.2. The van der Waals surface area contributed by atoms with Gasteiger partial charge < -0.3 is 14.2 Å². The van der Waals surface area contributed by atoms with E-state index < -0.39 is 11.9 Å². The molecule has 0 amide bonds. The van der Waals surface area contributed by atoms with Gasteiger partial charge in [-0.25, -0.2) is 9.59 Å². The molecular formula is C26H50O5. The smallest absolute Gasteiger partial charge is 0.332 e. The summed E-state index contributed by atoms with van der Waals surface area (Å²) in [4.78, 5) is 23.1. The van der Waals surface area contributed by atoms with E-state index in [0.29, 0.717) is 13.2 Å². The van der Waals surface area contributed by atoms with E-state index in [1.54, 1.807) is 0 Å². The Balaban J connectivity index is 3.26. The lowest BCUT2D eigenvalue weighted by Crippen LogP contribution is -2.19. The number of ether oxygens (including phenoxy) is 3. The first-order valence-corrected chi connectivity index (χ1v) is 13.1. The van der Waals surface area contributed by atoms with Crippen LogP contribution in [0.5, 0.6) is 0 Å². The number of carbonyl (C=O) groups excluding carboxylic acids is 2. The Bertz CT molecular complexity index is 397. The lowest BCUT2D eigenvalue weighted by Gasteiger charge is -2.07. The Morgan fingerprint density at radius 2 is 0.742 bits per heavy atom. The molecule has 5 heteroatoms. The maximum Gasteiger partial charge on any atom is 0.332 e. The number of unbranched alkanes of at least 4 members (excludes halogenated alkanes) is 16. The van der Waals surface area contributed by atoms with Gasteiger partial charge in [0.1, 0.15) is 13.2 Å². The molecular weight excluding hydrogens is 392 g/mol. The van der Waals surface area contributed by atoms with Crippen molar-refractivity contribution in [1.29, 1.82) is 0 Å². The molecule has 184 valence electrons. The summed E-state index contributed by atoms with van der Waals surface area (Å²) in [5, 5.41) is 0. The Morgan fingerprint density at radius 3 is 1.06 bits per heavy atom. The van der Waals surface area contributed by atoms with Crippen molar-refractivity contribution in [3.8, 4) is 0 Å². The average Bonchev–Trinajstić information content (AvgIpc) is 2.76. The fraction of sp³-hybridized carbons (Fsp3) is 0.923. The van der Waals surface area contributed by atoms with Crippen LogP contribution in [0.4, 0.5) is 0 Å². The molecule has 0 aliphatic carbocycles. The zero-order valence-electron chi connectivity index (χ0n) is 20.6.